The van der Waals surface area contributed by atoms with Crippen LogP contribution in [0, 0.1) is 17.5 Å². The summed E-state index contributed by atoms with van der Waals surface area (Å²) in [6.45, 7) is -0.226. The molecule has 0 radical (unpaired) electrons. The minimum atomic E-state index is -1.11. The van der Waals surface area contributed by atoms with Crippen molar-refractivity contribution in [1.29, 1.82) is 0 Å². The van der Waals surface area contributed by atoms with Crippen LogP contribution in [0.1, 0.15) is 5.56 Å². The third-order valence-corrected chi connectivity index (χ3v) is 3.05. The van der Waals surface area contributed by atoms with Gasteiger partial charge in [-0.3, -0.25) is 0 Å². The van der Waals surface area contributed by atoms with Crippen LogP contribution in [-0.2, 0) is 6.61 Å². The minimum absolute atomic E-state index is 0.198. The lowest BCUT2D eigenvalue weighted by Crippen LogP contribution is -2.01. The summed E-state index contributed by atoms with van der Waals surface area (Å²) in [7, 11) is 0. The van der Waals surface area contributed by atoms with Crippen LogP contribution in [0.2, 0.25) is 5.02 Å². The number of benzene rings is 2. The number of hydrogen-bond acceptors (Lipinski definition) is 1. The molecule has 0 heterocycles. The fraction of sp³-hybridized carbons (Fsp3) is 0.0769. The van der Waals surface area contributed by atoms with Crippen LogP contribution in [0.25, 0.3) is 0 Å². The predicted molar refractivity (Wildman–Crippen MR) is 69.8 cm³/mol. The molecule has 0 saturated carbocycles. The molecule has 2 rings (SSSR count). The van der Waals surface area contributed by atoms with Crippen molar-refractivity contribution in [3.05, 3.63) is 62.8 Å². The van der Waals surface area contributed by atoms with Crippen LogP contribution < -0.4 is 4.74 Å². The predicted octanol–water partition coefficient (Wildman–Crippen LogP) is 5.10. The molecule has 0 unspecified atom stereocenters. The first-order valence-corrected chi connectivity index (χ1v) is 6.35. The molecule has 0 aliphatic rings. The topological polar surface area (TPSA) is 9.23 Å². The molecule has 0 fully saturated rings. The van der Waals surface area contributed by atoms with E-state index in [-0.39, 0.29) is 22.9 Å². The molecule has 0 atom stereocenters. The summed E-state index contributed by atoms with van der Waals surface area (Å²) in [6, 6.07) is 6.28. The van der Waals surface area contributed by atoms with E-state index in [1.54, 1.807) is 0 Å². The standard InChI is InChI=1S/C13H7BrClF3O/c14-8-3-11(17)13(18)12(4-8)19-6-7-1-2-9(15)5-10(7)16/h1-5H,6H2. The number of rotatable bonds is 3. The van der Waals surface area contributed by atoms with Gasteiger partial charge < -0.3 is 4.74 Å². The van der Waals surface area contributed by atoms with Crippen molar-refractivity contribution in [3.63, 3.8) is 0 Å². The highest BCUT2D eigenvalue weighted by atomic mass is 79.9. The molecule has 0 aliphatic heterocycles. The maximum Gasteiger partial charge on any atom is 0.200 e. The van der Waals surface area contributed by atoms with E-state index in [1.807, 2.05) is 0 Å². The molecule has 0 aliphatic carbocycles. The lowest BCUT2D eigenvalue weighted by atomic mass is 10.2. The second-order valence-corrected chi connectivity index (χ2v) is 5.08. The second kappa shape index (κ2) is 5.84. The van der Waals surface area contributed by atoms with E-state index in [9.17, 15) is 13.2 Å². The highest BCUT2D eigenvalue weighted by Gasteiger charge is 2.12. The van der Waals surface area contributed by atoms with Crippen LogP contribution >= 0.6 is 27.5 Å². The van der Waals surface area contributed by atoms with E-state index in [2.05, 4.69) is 15.9 Å². The molecule has 0 bridgehead atoms. The average molecular weight is 352 g/mol. The fourth-order valence-corrected chi connectivity index (χ4v) is 2.00. The Balaban J connectivity index is 2.19. The molecule has 0 aromatic heterocycles. The minimum Gasteiger partial charge on any atom is -0.486 e. The second-order valence-electron chi connectivity index (χ2n) is 3.72. The summed E-state index contributed by atoms with van der Waals surface area (Å²) in [4.78, 5) is 0. The SMILES string of the molecule is Fc1cc(Cl)ccc1COc1cc(Br)cc(F)c1F. The molecule has 0 saturated heterocycles. The molecular weight excluding hydrogens is 344 g/mol. The van der Waals surface area contributed by atoms with Gasteiger partial charge in [0.1, 0.15) is 12.4 Å². The van der Waals surface area contributed by atoms with Gasteiger partial charge in [0, 0.05) is 15.1 Å². The molecule has 2 aromatic carbocycles. The van der Waals surface area contributed by atoms with E-state index in [4.69, 9.17) is 16.3 Å². The highest BCUT2D eigenvalue weighted by molar-refractivity contribution is 9.10. The highest BCUT2D eigenvalue weighted by Crippen LogP contribution is 2.26. The number of hydrogen-bond donors (Lipinski definition) is 0. The van der Waals surface area contributed by atoms with Gasteiger partial charge in [-0.25, -0.2) is 8.78 Å². The molecular formula is C13H7BrClF3O. The Morgan fingerprint density at radius 1 is 1.05 bits per heavy atom. The van der Waals surface area contributed by atoms with Gasteiger partial charge in [0.15, 0.2) is 11.6 Å². The summed E-state index contributed by atoms with van der Waals surface area (Å²) >= 11 is 8.62. The van der Waals surface area contributed by atoms with E-state index < -0.39 is 17.5 Å². The fourth-order valence-electron chi connectivity index (χ4n) is 1.43. The Bertz CT molecular complexity index is 619. The maximum absolute atomic E-state index is 13.5. The van der Waals surface area contributed by atoms with Gasteiger partial charge in [-0.05, 0) is 24.3 Å². The third-order valence-electron chi connectivity index (χ3n) is 2.36. The summed E-state index contributed by atoms with van der Waals surface area (Å²) in [5, 5.41) is 0.251. The molecule has 0 N–H and O–H groups in total. The van der Waals surface area contributed by atoms with Crippen molar-refractivity contribution in [2.75, 3.05) is 0 Å². The van der Waals surface area contributed by atoms with Gasteiger partial charge in [-0.15, -0.1) is 0 Å². The van der Waals surface area contributed by atoms with Crippen molar-refractivity contribution in [3.8, 4) is 5.75 Å². The Labute approximate surface area is 121 Å². The molecule has 6 heteroatoms. The van der Waals surface area contributed by atoms with Crippen molar-refractivity contribution in [1.82, 2.24) is 0 Å². The smallest absolute Gasteiger partial charge is 0.200 e. The number of halogens is 5. The quantitative estimate of drug-likeness (QED) is 0.699. The van der Waals surface area contributed by atoms with Crippen LogP contribution in [0.5, 0.6) is 5.75 Å². The van der Waals surface area contributed by atoms with Gasteiger partial charge in [-0.1, -0.05) is 33.6 Å². The monoisotopic (exact) mass is 350 g/mol. The van der Waals surface area contributed by atoms with Gasteiger partial charge in [-0.2, -0.15) is 4.39 Å². The van der Waals surface area contributed by atoms with Crippen molar-refractivity contribution in [2.24, 2.45) is 0 Å². The van der Waals surface area contributed by atoms with Gasteiger partial charge in [0.05, 0.1) is 0 Å². The van der Waals surface area contributed by atoms with E-state index in [0.29, 0.717) is 4.47 Å². The lowest BCUT2D eigenvalue weighted by molar-refractivity contribution is 0.279. The van der Waals surface area contributed by atoms with Crippen molar-refractivity contribution >= 4 is 27.5 Å². The normalized spacial score (nSPS) is 10.6. The first-order valence-electron chi connectivity index (χ1n) is 5.18. The Hall–Kier alpha value is -1.20. The zero-order valence-electron chi connectivity index (χ0n) is 9.39. The van der Waals surface area contributed by atoms with Crippen LogP contribution in [0.4, 0.5) is 13.2 Å². The van der Waals surface area contributed by atoms with Crippen molar-refractivity contribution in [2.45, 2.75) is 6.61 Å². The van der Waals surface area contributed by atoms with Gasteiger partial charge in [0.25, 0.3) is 0 Å². The van der Waals surface area contributed by atoms with Crippen LogP contribution in [0.15, 0.2) is 34.8 Å². The van der Waals surface area contributed by atoms with Crippen LogP contribution in [-0.4, -0.2) is 0 Å². The molecule has 0 amide bonds. The van der Waals surface area contributed by atoms with Crippen LogP contribution in [0.3, 0.4) is 0 Å². The molecule has 19 heavy (non-hydrogen) atoms. The number of ether oxygens (including phenoxy) is 1. The first-order chi connectivity index (χ1) is 8.97. The third kappa shape index (κ3) is 3.42. The Morgan fingerprint density at radius 2 is 1.79 bits per heavy atom. The lowest BCUT2D eigenvalue weighted by Gasteiger charge is -2.09. The maximum atomic E-state index is 13.5. The zero-order chi connectivity index (χ0) is 14.0. The summed E-state index contributed by atoms with van der Waals surface area (Å²) < 4.78 is 45.4. The van der Waals surface area contributed by atoms with E-state index in [0.717, 1.165) is 12.1 Å². The zero-order valence-corrected chi connectivity index (χ0v) is 11.7. The average Bonchev–Trinajstić information content (AvgIpc) is 2.33. The van der Waals surface area contributed by atoms with Gasteiger partial charge in [0.2, 0.25) is 5.82 Å². The van der Waals surface area contributed by atoms with E-state index in [1.165, 1.54) is 18.2 Å². The molecule has 0 spiro atoms. The molecule has 100 valence electrons. The van der Waals surface area contributed by atoms with Gasteiger partial charge >= 0.3 is 0 Å². The van der Waals surface area contributed by atoms with E-state index >= 15 is 0 Å². The summed E-state index contributed by atoms with van der Waals surface area (Å²) in [5.41, 5.74) is 0.198. The largest absolute Gasteiger partial charge is 0.486 e. The van der Waals surface area contributed by atoms with Crippen molar-refractivity contribution < 1.29 is 17.9 Å². The Morgan fingerprint density at radius 3 is 2.47 bits per heavy atom. The molecule has 1 nitrogen and oxygen atoms in total. The Kier molecular flexibility index (Phi) is 4.37. The summed E-state index contributed by atoms with van der Waals surface area (Å²) in [5.74, 6) is -3.01. The first kappa shape index (κ1) is 14.2. The molecule has 2 aromatic rings. The summed E-state index contributed by atoms with van der Waals surface area (Å²) in [6.07, 6.45) is 0.